The SMILES string of the molecule is O=c1c2cc(Cl)ccc2sc2ccc([N+](=O)[O-])cc12. The Bertz CT molecular complexity index is 888. The zero-order chi connectivity index (χ0) is 13.6. The number of halogens is 1. The van der Waals surface area contributed by atoms with Crippen LogP contribution in [0, 0.1) is 10.1 Å². The fourth-order valence-corrected chi connectivity index (χ4v) is 3.13. The second-order valence-electron chi connectivity index (χ2n) is 4.01. The minimum atomic E-state index is -0.508. The predicted molar refractivity (Wildman–Crippen MR) is 77.3 cm³/mol. The molecule has 0 aliphatic heterocycles. The normalized spacial score (nSPS) is 11.0. The highest BCUT2D eigenvalue weighted by molar-refractivity contribution is 7.24. The van der Waals surface area contributed by atoms with Gasteiger partial charge >= 0.3 is 0 Å². The van der Waals surface area contributed by atoms with Crippen molar-refractivity contribution in [1.29, 1.82) is 0 Å². The lowest BCUT2D eigenvalue weighted by atomic mass is 10.1. The molecule has 0 fully saturated rings. The van der Waals surface area contributed by atoms with Gasteiger partial charge in [0.15, 0.2) is 5.43 Å². The van der Waals surface area contributed by atoms with Crippen LogP contribution in [0.5, 0.6) is 0 Å². The van der Waals surface area contributed by atoms with E-state index in [4.69, 9.17) is 11.6 Å². The van der Waals surface area contributed by atoms with Crippen molar-refractivity contribution in [1.82, 2.24) is 0 Å². The minimum Gasteiger partial charge on any atom is -0.288 e. The molecule has 0 saturated carbocycles. The average Bonchev–Trinajstić information content (AvgIpc) is 2.39. The lowest BCUT2D eigenvalue weighted by Gasteiger charge is -2.01. The number of nitrogens with zero attached hydrogens (tertiary/aromatic N) is 1. The fourth-order valence-electron chi connectivity index (χ4n) is 1.93. The minimum absolute atomic E-state index is 0.0850. The van der Waals surface area contributed by atoms with Gasteiger partial charge in [-0.05, 0) is 24.3 Å². The summed E-state index contributed by atoms with van der Waals surface area (Å²) in [5.74, 6) is 0. The van der Waals surface area contributed by atoms with Crippen LogP contribution in [0.3, 0.4) is 0 Å². The maximum absolute atomic E-state index is 12.3. The third kappa shape index (κ3) is 1.97. The first-order valence-corrected chi connectivity index (χ1v) is 6.56. The van der Waals surface area contributed by atoms with Gasteiger partial charge in [-0.3, -0.25) is 14.9 Å². The summed E-state index contributed by atoms with van der Waals surface area (Å²) in [7, 11) is 0. The van der Waals surface area contributed by atoms with Crippen molar-refractivity contribution in [3.05, 3.63) is 61.8 Å². The first-order valence-electron chi connectivity index (χ1n) is 5.37. The van der Waals surface area contributed by atoms with Crippen LogP contribution in [-0.2, 0) is 0 Å². The lowest BCUT2D eigenvalue weighted by molar-refractivity contribution is -0.384. The molecule has 0 amide bonds. The second-order valence-corrected chi connectivity index (χ2v) is 5.53. The van der Waals surface area contributed by atoms with E-state index >= 15 is 0 Å². The van der Waals surface area contributed by atoms with Crippen molar-refractivity contribution < 1.29 is 4.92 Å². The Morgan fingerprint density at radius 3 is 2.37 bits per heavy atom. The van der Waals surface area contributed by atoms with Crippen molar-refractivity contribution >= 4 is 48.8 Å². The van der Waals surface area contributed by atoms with Gasteiger partial charge in [-0.1, -0.05) is 11.6 Å². The molecule has 0 saturated heterocycles. The fraction of sp³-hybridized carbons (Fsp3) is 0. The number of nitro benzene ring substituents is 1. The summed E-state index contributed by atoms with van der Waals surface area (Å²) in [5, 5.41) is 12.1. The molecular weight excluding hydrogens is 286 g/mol. The van der Waals surface area contributed by atoms with Crippen molar-refractivity contribution in [2.45, 2.75) is 0 Å². The first-order chi connectivity index (χ1) is 9.06. The highest BCUT2D eigenvalue weighted by Gasteiger charge is 2.11. The standard InChI is InChI=1S/C13H6ClNO3S/c14-7-1-3-11-9(5-7)13(16)10-6-8(15(17)18)2-4-12(10)19-11/h1-6H. The molecule has 0 atom stereocenters. The number of nitro groups is 1. The Morgan fingerprint density at radius 2 is 1.68 bits per heavy atom. The summed E-state index contributed by atoms with van der Waals surface area (Å²) in [6.45, 7) is 0. The molecular formula is C13H6ClNO3S. The molecule has 0 N–H and O–H groups in total. The van der Waals surface area contributed by atoms with Gasteiger partial charge < -0.3 is 0 Å². The number of non-ortho nitro benzene ring substituents is 1. The number of hydrogen-bond acceptors (Lipinski definition) is 4. The molecule has 3 aromatic rings. The van der Waals surface area contributed by atoms with Crippen LogP contribution in [0.2, 0.25) is 5.02 Å². The van der Waals surface area contributed by atoms with Gasteiger partial charge in [-0.2, -0.15) is 0 Å². The van der Waals surface area contributed by atoms with Crippen LogP contribution >= 0.6 is 22.9 Å². The van der Waals surface area contributed by atoms with Crippen LogP contribution in [0.25, 0.3) is 20.2 Å². The molecule has 2 aromatic carbocycles. The van der Waals surface area contributed by atoms with E-state index in [1.165, 1.54) is 23.5 Å². The average molecular weight is 292 g/mol. The van der Waals surface area contributed by atoms with Crippen molar-refractivity contribution in [2.24, 2.45) is 0 Å². The van der Waals surface area contributed by atoms with Crippen molar-refractivity contribution in [3.8, 4) is 0 Å². The van der Waals surface area contributed by atoms with E-state index in [2.05, 4.69) is 0 Å². The zero-order valence-electron chi connectivity index (χ0n) is 9.42. The van der Waals surface area contributed by atoms with Gasteiger partial charge in [0.1, 0.15) is 0 Å². The molecule has 19 heavy (non-hydrogen) atoms. The van der Waals surface area contributed by atoms with E-state index in [9.17, 15) is 14.9 Å². The van der Waals surface area contributed by atoms with E-state index in [-0.39, 0.29) is 11.1 Å². The topological polar surface area (TPSA) is 60.2 Å². The van der Waals surface area contributed by atoms with E-state index in [0.29, 0.717) is 15.8 Å². The summed E-state index contributed by atoms with van der Waals surface area (Å²) >= 11 is 7.29. The number of rotatable bonds is 1. The summed E-state index contributed by atoms with van der Waals surface area (Å²) < 4.78 is 1.54. The summed E-state index contributed by atoms with van der Waals surface area (Å²) in [4.78, 5) is 22.6. The molecule has 1 aromatic heterocycles. The summed E-state index contributed by atoms with van der Waals surface area (Å²) in [6.07, 6.45) is 0. The van der Waals surface area contributed by atoms with E-state index in [1.807, 2.05) is 0 Å². The van der Waals surface area contributed by atoms with Crippen LogP contribution in [-0.4, -0.2) is 4.92 Å². The second kappa shape index (κ2) is 4.29. The van der Waals surface area contributed by atoms with Gasteiger partial charge in [0.05, 0.1) is 4.92 Å². The highest BCUT2D eigenvalue weighted by atomic mass is 35.5. The maximum atomic E-state index is 12.3. The van der Waals surface area contributed by atoms with Crippen LogP contribution in [0.1, 0.15) is 0 Å². The third-order valence-electron chi connectivity index (χ3n) is 2.82. The molecule has 0 spiro atoms. The van der Waals surface area contributed by atoms with Crippen LogP contribution in [0.4, 0.5) is 5.69 Å². The Morgan fingerprint density at radius 1 is 1.05 bits per heavy atom. The Labute approximate surface area is 116 Å². The molecule has 1 heterocycles. The largest absolute Gasteiger partial charge is 0.288 e. The van der Waals surface area contributed by atoms with Gasteiger partial charge in [0.2, 0.25) is 0 Å². The summed E-state index contributed by atoms with van der Waals surface area (Å²) in [6, 6.07) is 9.41. The highest BCUT2D eigenvalue weighted by Crippen LogP contribution is 2.28. The monoisotopic (exact) mass is 291 g/mol. The third-order valence-corrected chi connectivity index (χ3v) is 4.21. The zero-order valence-corrected chi connectivity index (χ0v) is 11.0. The van der Waals surface area contributed by atoms with E-state index < -0.39 is 4.92 Å². The smallest absolute Gasteiger partial charge is 0.270 e. The van der Waals surface area contributed by atoms with Crippen molar-refractivity contribution in [3.63, 3.8) is 0 Å². The first kappa shape index (κ1) is 12.1. The Kier molecular flexibility index (Phi) is 2.73. The molecule has 0 bridgehead atoms. The van der Waals surface area contributed by atoms with Gasteiger partial charge in [0.25, 0.3) is 5.69 Å². The van der Waals surface area contributed by atoms with Gasteiger partial charge in [-0.15, -0.1) is 11.3 Å². The Balaban J connectivity index is 2.48. The molecule has 4 nitrogen and oxygen atoms in total. The summed E-state index contributed by atoms with van der Waals surface area (Å²) in [5.41, 5.74) is -0.312. The van der Waals surface area contributed by atoms with Crippen LogP contribution < -0.4 is 5.43 Å². The molecule has 0 radical (unpaired) electrons. The van der Waals surface area contributed by atoms with E-state index in [0.717, 1.165) is 9.40 Å². The van der Waals surface area contributed by atoms with Gasteiger partial charge in [-0.25, -0.2) is 0 Å². The molecule has 0 aliphatic rings. The Hall–Kier alpha value is -1.98. The van der Waals surface area contributed by atoms with Crippen molar-refractivity contribution in [2.75, 3.05) is 0 Å². The predicted octanol–water partition coefficient (Wildman–Crippen LogP) is 3.98. The van der Waals surface area contributed by atoms with Gasteiger partial charge in [0, 0.05) is 37.3 Å². The quantitative estimate of drug-likeness (QED) is 0.387. The number of benzene rings is 2. The molecule has 0 aliphatic carbocycles. The molecule has 6 heteroatoms. The number of fused-ring (bicyclic) bond motifs is 2. The lowest BCUT2D eigenvalue weighted by Crippen LogP contribution is -2.01. The molecule has 94 valence electrons. The molecule has 3 rings (SSSR count). The van der Waals surface area contributed by atoms with E-state index in [1.54, 1.807) is 24.3 Å². The van der Waals surface area contributed by atoms with Crippen LogP contribution in [0.15, 0.2) is 41.2 Å². The number of hydrogen-bond donors (Lipinski definition) is 0. The molecule has 0 unspecified atom stereocenters. The maximum Gasteiger partial charge on any atom is 0.270 e.